The number of ketones is 1. The number of hydrogen-bond donors (Lipinski definition) is 3. The Morgan fingerprint density at radius 1 is 0.430 bits per heavy atom. The van der Waals surface area contributed by atoms with E-state index in [-0.39, 0.29) is 59.9 Å². The Labute approximate surface area is 749 Å². The summed E-state index contributed by atoms with van der Waals surface area (Å²) in [4.78, 5) is 12.0. The van der Waals surface area contributed by atoms with Crippen molar-refractivity contribution in [2.24, 2.45) is 10.1 Å². The largest absolute Gasteiger partial charge is 0.591 e. The number of carbonyl (C=O) groups is 1. The average Bonchev–Trinajstić information content (AvgIpc) is 0.779. The highest BCUT2D eigenvalue weighted by Crippen LogP contribution is 2.50. The summed E-state index contributed by atoms with van der Waals surface area (Å²) in [5.74, 6) is 0.246. The molecule has 0 aliphatic heterocycles. The molecule has 12 rings (SSSR count). The van der Waals surface area contributed by atoms with Gasteiger partial charge in [0.2, 0.25) is 0 Å². The van der Waals surface area contributed by atoms with Crippen LogP contribution in [0.2, 0.25) is 60.3 Å². The number of halogens is 12. The minimum Gasteiger partial charge on any atom is -0.591 e. The van der Waals surface area contributed by atoms with E-state index in [0.717, 1.165) is 125 Å². The topological polar surface area (TPSA) is 143 Å². The third-order valence-electron chi connectivity index (χ3n) is 25.4. The van der Waals surface area contributed by atoms with Gasteiger partial charge in [-0.2, -0.15) is 5.26 Å². The number of nitrogens with zero attached hydrogens (tertiary/aromatic N) is 2. The summed E-state index contributed by atoms with van der Waals surface area (Å²) in [6, 6.07) is 38.3. The van der Waals surface area contributed by atoms with Crippen molar-refractivity contribution in [2.75, 3.05) is 7.05 Å². The standard InChI is InChI=1S/C18H27Cl2NOS.C18H25Cl2NOS.C15H21Cl2N.C14H19Cl2N.C14H16Cl2O.C13H13Cl2N/c2*1-13(21-23(22)17(2,3)4)18(10-6-5-7-11-18)14-8-9-15(19)16(20)12-14;1-11(18-2)15(8-4-3-5-9-15)12-6-7-13(16)14(17)10-12;2*1-10(17)14(7-3-2-4-8-14)11-5-6-12(15)13(16)9-11;14-11-5-4-10(8-12(11)15)13(9-16)6-2-1-3-7-13/h8-9,12-13,21H,5-7,10-11H2,1-4H3;8-9,12H,5-7,10-11H2,1-4H3;6-7,10-11,18H,3-5,8-9H2,1-2H3;5-6,9-10H,2-4,7-8,17H2,1H3;5-6,9H,2-4,7-8H2,1H3;4-5,8H,1-3,6-7H2/t13-,23?;;11-;10-;;/m1.11../s1. The molecule has 0 saturated heterocycles. The molecule has 114 heavy (non-hydrogen) atoms. The van der Waals surface area contributed by atoms with E-state index in [1.165, 1.54) is 107 Å². The second-order valence-corrected chi connectivity index (χ2v) is 43.4. The number of nitrogens with one attached hydrogen (secondary N) is 2. The second-order valence-electron chi connectivity index (χ2n) is 34.6. The average molecular weight is 1830 g/mol. The summed E-state index contributed by atoms with van der Waals surface area (Å²) < 4.78 is 32.4. The summed E-state index contributed by atoms with van der Waals surface area (Å²) in [6.07, 6.45) is 34.5. The van der Waals surface area contributed by atoms with Gasteiger partial charge in [-0.3, -0.25) is 4.79 Å². The molecular weight excluding hydrogens is 1710 g/mol. The Hall–Kier alpha value is -2.03. The monoisotopic (exact) mass is 1830 g/mol. The van der Waals surface area contributed by atoms with Crippen LogP contribution in [0.1, 0.15) is 302 Å². The van der Waals surface area contributed by atoms with E-state index in [1.54, 1.807) is 19.1 Å². The molecule has 0 spiro atoms. The maximum atomic E-state index is 12.6. The van der Waals surface area contributed by atoms with E-state index in [4.69, 9.17) is 145 Å². The summed E-state index contributed by atoms with van der Waals surface area (Å²) in [5.41, 5.74) is 13.6. The van der Waals surface area contributed by atoms with Crippen LogP contribution in [0.15, 0.2) is 114 Å². The molecule has 8 nitrogen and oxygen atoms in total. The number of Topliss-reactive ketones (excluding diaryl/α,β-unsaturated/α-hetero) is 1. The molecule has 6 saturated carbocycles. The lowest BCUT2D eigenvalue weighted by Crippen LogP contribution is -2.51. The van der Waals surface area contributed by atoms with Gasteiger partial charge >= 0.3 is 0 Å². The van der Waals surface area contributed by atoms with Gasteiger partial charge in [0.05, 0.1) is 98.6 Å². The quantitative estimate of drug-likeness (QED) is 0.0690. The lowest BCUT2D eigenvalue weighted by Gasteiger charge is -2.43. The SMILES string of the molecule is CC(=N[S+]([O-])C(C)(C)C)C1(c2ccc(Cl)c(Cl)c2)CCCCC1.CC(=O)C1(c2ccc(Cl)c(Cl)c2)CCCCC1.CN[C@H](C)C1(c2ccc(Cl)c(Cl)c2)CCCCC1.C[C@@H](N)C1(c2ccc(Cl)c(Cl)c2)CCCCC1.C[C@@H](NS(=O)C(C)(C)C)C1(c2ccc(Cl)c(Cl)c2)CCCCC1.N#CC1(c2ccc(Cl)c(Cl)c2)CCCCC1. The zero-order chi connectivity index (χ0) is 84.2. The summed E-state index contributed by atoms with van der Waals surface area (Å²) >= 11 is 71.7. The fraction of sp³-hybridized carbons (Fsp3) is 0.576. The van der Waals surface area contributed by atoms with Crippen molar-refractivity contribution >= 4 is 173 Å². The predicted octanol–water partition coefficient (Wildman–Crippen LogP) is 30.6. The first-order valence-electron chi connectivity index (χ1n) is 41.0. The van der Waals surface area contributed by atoms with E-state index >= 15 is 0 Å². The minimum absolute atomic E-state index is 0.0343. The number of benzene rings is 6. The first kappa shape index (κ1) is 99.1. The fourth-order valence-corrected chi connectivity index (χ4v) is 21.4. The van der Waals surface area contributed by atoms with Gasteiger partial charge in [0.25, 0.3) is 0 Å². The van der Waals surface area contributed by atoms with Gasteiger partial charge < -0.3 is 15.6 Å². The molecule has 0 aromatic heterocycles. The number of likely N-dealkylation sites (N-methyl/N-ethyl adjacent to an activating group) is 1. The smallest absolute Gasteiger partial charge is 0.144 e. The van der Waals surface area contributed by atoms with E-state index in [9.17, 15) is 18.8 Å². The molecule has 6 aliphatic carbocycles. The van der Waals surface area contributed by atoms with Gasteiger partial charge in [-0.25, -0.2) is 8.93 Å². The molecule has 5 atom stereocenters. The lowest BCUT2D eigenvalue weighted by atomic mass is 9.65. The molecule has 6 fully saturated rings. The molecule has 0 bridgehead atoms. The van der Waals surface area contributed by atoms with Crippen molar-refractivity contribution in [3.8, 4) is 6.07 Å². The molecule has 6 aromatic carbocycles. The number of nitrogens with two attached hydrogens (primary N) is 1. The second kappa shape index (κ2) is 44.9. The molecule has 0 heterocycles. The lowest BCUT2D eigenvalue weighted by molar-refractivity contribution is -0.123. The zero-order valence-electron chi connectivity index (χ0n) is 68.9. The van der Waals surface area contributed by atoms with Crippen LogP contribution in [0.25, 0.3) is 0 Å². The minimum atomic E-state index is -1.25. The molecule has 628 valence electrons. The zero-order valence-corrected chi connectivity index (χ0v) is 79.6. The van der Waals surface area contributed by atoms with E-state index in [0.29, 0.717) is 66.3 Å². The van der Waals surface area contributed by atoms with Crippen molar-refractivity contribution in [3.63, 3.8) is 0 Å². The van der Waals surface area contributed by atoms with E-state index < -0.39 is 22.3 Å². The maximum absolute atomic E-state index is 12.6. The molecule has 4 N–H and O–H groups in total. The van der Waals surface area contributed by atoms with Gasteiger partial charge in [-0.1, -0.05) is 296 Å². The van der Waals surface area contributed by atoms with Crippen LogP contribution in [-0.2, 0) is 59.6 Å². The van der Waals surface area contributed by atoms with Crippen molar-refractivity contribution in [2.45, 2.75) is 329 Å². The van der Waals surface area contributed by atoms with Crippen molar-refractivity contribution in [1.82, 2.24) is 10.0 Å². The Morgan fingerprint density at radius 2 is 0.702 bits per heavy atom. The highest BCUT2D eigenvalue weighted by Gasteiger charge is 2.45. The third kappa shape index (κ3) is 25.3. The Bertz CT molecular complexity index is 4210. The van der Waals surface area contributed by atoms with Crippen molar-refractivity contribution in [3.05, 3.63) is 203 Å². The highest BCUT2D eigenvalue weighted by atomic mass is 35.5. The molecule has 22 heteroatoms. The van der Waals surface area contributed by atoms with Gasteiger partial charge in [0.15, 0.2) is 0 Å². The summed E-state index contributed by atoms with van der Waals surface area (Å²) in [6.45, 7) is 22.1. The number of hydrogen-bond acceptors (Lipinski definition) is 7. The van der Waals surface area contributed by atoms with Gasteiger partial charge in [0.1, 0.15) is 21.9 Å². The van der Waals surface area contributed by atoms with Crippen LogP contribution in [0.4, 0.5) is 0 Å². The number of nitriles is 1. The molecule has 0 amide bonds. The Morgan fingerprint density at radius 3 is 1.01 bits per heavy atom. The van der Waals surface area contributed by atoms with Gasteiger partial charge in [0, 0.05) is 39.8 Å². The van der Waals surface area contributed by atoms with Crippen molar-refractivity contribution in [1.29, 1.82) is 5.26 Å². The van der Waals surface area contributed by atoms with Gasteiger partial charge in [-0.15, -0.1) is 0 Å². The summed E-state index contributed by atoms with van der Waals surface area (Å²) in [5, 5.41) is 19.9. The van der Waals surface area contributed by atoms with Crippen LogP contribution in [0, 0.1) is 11.3 Å². The number of rotatable bonds is 15. The molecular formula is C92H121Cl12N5O3S2. The van der Waals surface area contributed by atoms with Crippen LogP contribution >= 0.6 is 139 Å². The first-order chi connectivity index (χ1) is 53.7. The first-order valence-corrected chi connectivity index (χ1v) is 47.8. The van der Waals surface area contributed by atoms with Crippen LogP contribution in [0.5, 0.6) is 0 Å². The molecule has 0 radical (unpaired) electrons. The van der Waals surface area contributed by atoms with Crippen molar-refractivity contribution < 1.29 is 13.6 Å². The van der Waals surface area contributed by atoms with E-state index in [1.807, 2.05) is 128 Å². The Balaban J connectivity index is 0.000000190. The molecule has 6 aromatic rings. The van der Waals surface area contributed by atoms with Crippen LogP contribution < -0.4 is 15.8 Å². The maximum Gasteiger partial charge on any atom is 0.144 e. The Kier molecular flexibility index (Phi) is 39.0. The normalized spacial score (nSPS) is 20.3. The van der Waals surface area contributed by atoms with Crippen LogP contribution in [-0.4, -0.2) is 54.9 Å². The molecule has 6 aliphatic rings. The van der Waals surface area contributed by atoms with Gasteiger partial charge in [-0.05, 0) is 266 Å². The summed E-state index contributed by atoms with van der Waals surface area (Å²) in [7, 11) is 0.953. The van der Waals surface area contributed by atoms with Crippen LogP contribution in [0.3, 0.4) is 0 Å². The fourth-order valence-electron chi connectivity index (χ4n) is 18.0. The predicted molar refractivity (Wildman–Crippen MR) is 497 cm³/mol. The highest BCUT2D eigenvalue weighted by molar-refractivity contribution is 7.91. The number of carbonyl (C=O) groups excluding carboxylic acids is 1. The molecule has 2 unspecified atom stereocenters. The third-order valence-corrected chi connectivity index (χ3v) is 33.0. The van der Waals surface area contributed by atoms with E-state index in [2.05, 4.69) is 65.5 Å².